The van der Waals surface area contributed by atoms with Crippen LogP contribution in [0.4, 0.5) is 0 Å². The first-order chi connectivity index (χ1) is 21.1. The van der Waals surface area contributed by atoms with Gasteiger partial charge in [-0.05, 0) is 58.1 Å². The fraction of sp³-hybridized carbons (Fsp3) is 0.588. The van der Waals surface area contributed by atoms with Gasteiger partial charge in [0.05, 0.1) is 45.9 Å². The summed E-state index contributed by atoms with van der Waals surface area (Å²) in [6.45, 7) is 13.2. The summed E-state index contributed by atoms with van der Waals surface area (Å²) in [5.41, 5.74) is -0.521. The van der Waals surface area contributed by atoms with Crippen LogP contribution in [0, 0.1) is 13.8 Å². The zero-order chi connectivity index (χ0) is 36.2. The highest BCUT2D eigenvalue weighted by molar-refractivity contribution is 5.70. The molecule has 0 amide bonds. The summed E-state index contributed by atoms with van der Waals surface area (Å²) in [5, 5.41) is 94.4. The molecule has 0 aromatic heterocycles. The minimum atomic E-state index is -2.21. The molecule has 0 spiro atoms. The summed E-state index contributed by atoms with van der Waals surface area (Å²) < 4.78 is 0. The van der Waals surface area contributed by atoms with Gasteiger partial charge in [-0.2, -0.15) is 0 Å². The van der Waals surface area contributed by atoms with Crippen LogP contribution in [0.2, 0.25) is 0 Å². The van der Waals surface area contributed by atoms with E-state index in [-0.39, 0.29) is 37.9 Å². The maximum absolute atomic E-state index is 12.2. The van der Waals surface area contributed by atoms with E-state index in [1.54, 1.807) is 38.1 Å². The van der Waals surface area contributed by atoms with E-state index < -0.39 is 59.7 Å². The number of phenols is 2. The quantitative estimate of drug-likeness (QED) is 0.168. The van der Waals surface area contributed by atoms with Gasteiger partial charge < -0.3 is 51.1 Å². The van der Waals surface area contributed by atoms with Crippen molar-refractivity contribution in [2.75, 3.05) is 33.0 Å². The molecule has 0 radical (unpaired) electrons. The standard InChI is InChI=1S/C30H42O8.2C2H6O2/c1-16-9-18(11-22(26(16)36)28(3,4)5)20(13-24(32)33)30(38,15-31)21(14-25(34)35)19-10-17(2)27(37)23(12-19)29(6,7)8;2*3-1-2-4/h9-12,20-21,31,36-38H,13-15H2,1-8H3,(H,32,33)(H,34,35);2*3-4H,1-2H2. The van der Waals surface area contributed by atoms with Crippen molar-refractivity contribution in [1.82, 2.24) is 0 Å². The van der Waals surface area contributed by atoms with E-state index in [0.29, 0.717) is 33.4 Å². The average molecular weight is 655 g/mol. The number of carboxylic acids is 2. The fourth-order valence-corrected chi connectivity index (χ4v) is 5.14. The molecule has 2 aromatic rings. The van der Waals surface area contributed by atoms with Gasteiger partial charge in [-0.3, -0.25) is 9.59 Å². The molecule has 0 saturated carbocycles. The number of aliphatic hydroxyl groups is 6. The van der Waals surface area contributed by atoms with Gasteiger partial charge in [0, 0.05) is 11.8 Å². The van der Waals surface area contributed by atoms with Crippen molar-refractivity contribution in [2.24, 2.45) is 0 Å². The topological polar surface area (TPSA) is 236 Å². The first-order valence-corrected chi connectivity index (χ1v) is 14.9. The molecular formula is C34H54O12. The zero-order valence-electron chi connectivity index (χ0n) is 28.2. The Labute approximate surface area is 271 Å². The summed E-state index contributed by atoms with van der Waals surface area (Å²) in [5.74, 6) is -4.82. The van der Waals surface area contributed by atoms with E-state index in [9.17, 15) is 40.2 Å². The van der Waals surface area contributed by atoms with Crippen LogP contribution in [0.15, 0.2) is 24.3 Å². The minimum Gasteiger partial charge on any atom is -0.507 e. The molecule has 2 aromatic carbocycles. The van der Waals surface area contributed by atoms with Gasteiger partial charge >= 0.3 is 11.9 Å². The predicted octanol–water partition coefficient (Wildman–Crippen LogP) is 2.79. The Morgan fingerprint density at radius 2 is 0.891 bits per heavy atom. The number of phenolic OH excluding ortho intramolecular Hbond substituents is 2. The van der Waals surface area contributed by atoms with Gasteiger partial charge in [0.1, 0.15) is 17.1 Å². The first kappa shape index (κ1) is 42.7. The van der Waals surface area contributed by atoms with Crippen molar-refractivity contribution >= 4 is 11.9 Å². The van der Waals surface area contributed by atoms with Crippen molar-refractivity contribution in [2.45, 2.75) is 96.5 Å². The molecule has 0 aliphatic carbocycles. The van der Waals surface area contributed by atoms with Crippen molar-refractivity contribution in [3.05, 3.63) is 57.6 Å². The Morgan fingerprint density at radius 3 is 1.09 bits per heavy atom. The summed E-state index contributed by atoms with van der Waals surface area (Å²) in [7, 11) is 0. The molecule has 0 saturated heterocycles. The number of hydrogen-bond donors (Lipinski definition) is 10. The number of aromatic hydroxyl groups is 2. The van der Waals surface area contributed by atoms with Gasteiger partial charge in [-0.1, -0.05) is 65.8 Å². The highest BCUT2D eigenvalue weighted by atomic mass is 16.4. The van der Waals surface area contributed by atoms with E-state index in [1.165, 1.54) is 0 Å². The van der Waals surface area contributed by atoms with Crippen LogP contribution < -0.4 is 0 Å². The number of rotatable bonds is 11. The highest BCUT2D eigenvalue weighted by Gasteiger charge is 2.47. The van der Waals surface area contributed by atoms with E-state index in [1.807, 2.05) is 41.5 Å². The lowest BCUT2D eigenvalue weighted by molar-refractivity contribution is -0.143. The van der Waals surface area contributed by atoms with E-state index >= 15 is 0 Å². The van der Waals surface area contributed by atoms with Crippen LogP contribution in [0.25, 0.3) is 0 Å². The third-order valence-corrected chi connectivity index (χ3v) is 7.48. The maximum Gasteiger partial charge on any atom is 0.304 e. The second kappa shape index (κ2) is 18.2. The van der Waals surface area contributed by atoms with Crippen molar-refractivity contribution in [3.8, 4) is 11.5 Å². The van der Waals surface area contributed by atoms with Crippen LogP contribution >= 0.6 is 0 Å². The van der Waals surface area contributed by atoms with Crippen LogP contribution in [0.5, 0.6) is 11.5 Å². The summed E-state index contributed by atoms with van der Waals surface area (Å²) in [6.07, 6.45) is -1.19. The zero-order valence-corrected chi connectivity index (χ0v) is 28.2. The monoisotopic (exact) mass is 654 g/mol. The molecule has 0 fully saturated rings. The summed E-state index contributed by atoms with van der Waals surface area (Å²) in [4.78, 5) is 24.1. The van der Waals surface area contributed by atoms with E-state index in [4.69, 9.17) is 20.4 Å². The Morgan fingerprint density at radius 1 is 0.609 bits per heavy atom. The number of carbonyl (C=O) groups is 2. The third-order valence-electron chi connectivity index (χ3n) is 7.48. The SMILES string of the molecule is Cc1cc(C(CC(=O)O)C(O)(CO)C(CC(=O)O)c2cc(C)c(O)c(C(C)(C)C)c2)cc(C(C)(C)C)c1O.OCCO.OCCO. The first-order valence-electron chi connectivity index (χ1n) is 14.9. The fourth-order valence-electron chi connectivity index (χ4n) is 5.14. The Balaban J connectivity index is 0.00000226. The van der Waals surface area contributed by atoms with E-state index in [0.717, 1.165) is 0 Å². The number of carboxylic acid groups (broad SMARTS) is 2. The summed E-state index contributed by atoms with van der Waals surface area (Å²) >= 11 is 0. The molecule has 0 aliphatic rings. The molecular weight excluding hydrogens is 600 g/mol. The van der Waals surface area contributed by atoms with Gasteiger partial charge in [-0.25, -0.2) is 0 Å². The number of aryl methyl sites for hydroxylation is 2. The van der Waals surface area contributed by atoms with Gasteiger partial charge in [-0.15, -0.1) is 0 Å². The van der Waals surface area contributed by atoms with Gasteiger partial charge in [0.2, 0.25) is 0 Å². The van der Waals surface area contributed by atoms with Crippen LogP contribution in [0.1, 0.15) is 99.6 Å². The Kier molecular flexibility index (Phi) is 16.9. The molecule has 12 nitrogen and oxygen atoms in total. The molecule has 10 N–H and O–H groups in total. The number of aliphatic carboxylic acids is 2. The summed E-state index contributed by atoms with van der Waals surface area (Å²) in [6, 6.07) is 6.38. The van der Waals surface area contributed by atoms with Crippen molar-refractivity contribution in [3.63, 3.8) is 0 Å². The molecule has 46 heavy (non-hydrogen) atoms. The molecule has 0 aliphatic heterocycles. The number of benzene rings is 2. The third kappa shape index (κ3) is 11.8. The predicted molar refractivity (Wildman–Crippen MR) is 173 cm³/mol. The van der Waals surface area contributed by atoms with Crippen LogP contribution in [0.3, 0.4) is 0 Å². The minimum absolute atomic E-state index is 0.0499. The highest BCUT2D eigenvalue weighted by Crippen LogP contribution is 2.47. The smallest absolute Gasteiger partial charge is 0.304 e. The normalized spacial score (nSPS) is 14.1. The Hall–Kier alpha value is -3.26. The van der Waals surface area contributed by atoms with Crippen molar-refractivity contribution < 1.29 is 60.7 Å². The molecule has 2 atom stereocenters. The number of aliphatic hydroxyl groups excluding tert-OH is 5. The molecule has 2 rings (SSSR count). The lowest BCUT2D eigenvalue weighted by Crippen LogP contribution is -2.47. The lowest BCUT2D eigenvalue weighted by Gasteiger charge is -2.41. The molecule has 0 bridgehead atoms. The molecule has 2 unspecified atom stereocenters. The lowest BCUT2D eigenvalue weighted by atomic mass is 9.67. The maximum atomic E-state index is 12.2. The number of hydrogen-bond acceptors (Lipinski definition) is 10. The Bertz CT molecular complexity index is 1180. The second-order valence-corrected chi connectivity index (χ2v) is 13.3. The average Bonchev–Trinajstić information content (AvgIpc) is 2.95. The molecule has 262 valence electrons. The molecule has 12 heteroatoms. The van der Waals surface area contributed by atoms with E-state index in [2.05, 4.69) is 0 Å². The molecule has 0 heterocycles. The van der Waals surface area contributed by atoms with Gasteiger partial charge in [0.15, 0.2) is 0 Å². The second-order valence-electron chi connectivity index (χ2n) is 13.3. The van der Waals surface area contributed by atoms with Crippen LogP contribution in [-0.4, -0.2) is 102 Å². The largest absolute Gasteiger partial charge is 0.507 e. The van der Waals surface area contributed by atoms with Crippen LogP contribution in [-0.2, 0) is 20.4 Å². The van der Waals surface area contributed by atoms with Crippen molar-refractivity contribution in [1.29, 1.82) is 0 Å². The van der Waals surface area contributed by atoms with Gasteiger partial charge in [0.25, 0.3) is 0 Å².